The summed E-state index contributed by atoms with van der Waals surface area (Å²) in [5.41, 5.74) is 0.423. The molecule has 2 unspecified atom stereocenters. The Balaban J connectivity index is 2.93. The summed E-state index contributed by atoms with van der Waals surface area (Å²) in [4.78, 5) is 2.73. The van der Waals surface area contributed by atoms with Gasteiger partial charge in [-0.1, -0.05) is 47.0 Å². The van der Waals surface area contributed by atoms with Crippen molar-refractivity contribution in [2.45, 2.75) is 77.8 Å². The van der Waals surface area contributed by atoms with Gasteiger partial charge in [-0.05, 0) is 45.3 Å². The number of nitrogens with one attached hydrogen (secondary N) is 1. The van der Waals surface area contributed by atoms with Gasteiger partial charge in [-0.3, -0.25) is 4.90 Å². The third-order valence-electron chi connectivity index (χ3n) is 5.07. The van der Waals surface area contributed by atoms with E-state index < -0.39 is 0 Å². The molecule has 108 valence electrons. The molecule has 0 bridgehead atoms. The molecule has 18 heavy (non-hydrogen) atoms. The summed E-state index contributed by atoms with van der Waals surface area (Å²) in [6.07, 6.45) is 8.23. The fraction of sp³-hybridized carbons (Fsp3) is 1.00. The van der Waals surface area contributed by atoms with Crippen LogP contribution < -0.4 is 5.32 Å². The monoisotopic (exact) mass is 254 g/mol. The summed E-state index contributed by atoms with van der Waals surface area (Å²) in [6.45, 7) is 11.8. The smallest absolute Gasteiger partial charge is 0.0364 e. The largest absolute Gasteiger partial charge is 0.315 e. The normalized spacial score (nSPS) is 22.3. The van der Waals surface area contributed by atoms with Gasteiger partial charge >= 0.3 is 0 Å². The molecule has 0 amide bonds. The van der Waals surface area contributed by atoms with Crippen molar-refractivity contribution >= 4 is 0 Å². The van der Waals surface area contributed by atoms with E-state index in [1.165, 1.54) is 51.6 Å². The molecule has 1 saturated carbocycles. The molecule has 1 aliphatic rings. The maximum Gasteiger partial charge on any atom is 0.0364 e. The Morgan fingerprint density at radius 2 is 1.67 bits per heavy atom. The van der Waals surface area contributed by atoms with Crippen LogP contribution in [0.2, 0.25) is 0 Å². The molecule has 0 aromatic rings. The van der Waals surface area contributed by atoms with E-state index in [2.05, 4.69) is 45.0 Å². The minimum absolute atomic E-state index is 0.423. The minimum Gasteiger partial charge on any atom is -0.315 e. The Morgan fingerprint density at radius 3 is 2.06 bits per heavy atom. The van der Waals surface area contributed by atoms with Crippen molar-refractivity contribution in [2.24, 2.45) is 5.92 Å². The first-order valence-corrected chi connectivity index (χ1v) is 8.08. The summed E-state index contributed by atoms with van der Waals surface area (Å²) >= 11 is 0. The average molecular weight is 254 g/mol. The number of hydrogen-bond donors (Lipinski definition) is 1. The van der Waals surface area contributed by atoms with Gasteiger partial charge in [0.25, 0.3) is 0 Å². The van der Waals surface area contributed by atoms with Crippen LogP contribution in [0.15, 0.2) is 0 Å². The van der Waals surface area contributed by atoms with E-state index >= 15 is 0 Å². The van der Waals surface area contributed by atoms with Crippen LogP contribution in [0.1, 0.15) is 66.2 Å². The first-order chi connectivity index (χ1) is 8.66. The van der Waals surface area contributed by atoms with Crippen LogP contribution in [-0.2, 0) is 0 Å². The first kappa shape index (κ1) is 16.0. The molecule has 2 atom stereocenters. The average Bonchev–Trinajstić information content (AvgIpc) is 2.82. The number of likely N-dealkylation sites (N-methyl/N-ethyl adjacent to an activating group) is 2. The quantitative estimate of drug-likeness (QED) is 0.711. The highest BCUT2D eigenvalue weighted by Gasteiger charge is 2.45. The van der Waals surface area contributed by atoms with Crippen molar-refractivity contribution < 1.29 is 0 Å². The lowest BCUT2D eigenvalue weighted by Crippen LogP contribution is -2.61. The number of nitrogens with zero attached hydrogens (tertiary/aromatic N) is 1. The van der Waals surface area contributed by atoms with Gasteiger partial charge in [0.1, 0.15) is 0 Å². The molecule has 0 radical (unpaired) electrons. The van der Waals surface area contributed by atoms with Crippen LogP contribution in [0.25, 0.3) is 0 Å². The highest BCUT2D eigenvalue weighted by atomic mass is 15.2. The van der Waals surface area contributed by atoms with E-state index in [1.54, 1.807) is 0 Å². The Morgan fingerprint density at radius 1 is 1.11 bits per heavy atom. The molecule has 1 N–H and O–H groups in total. The molecule has 0 heterocycles. The molecule has 0 spiro atoms. The maximum absolute atomic E-state index is 3.68. The standard InChI is InChI=1S/C16H34N2/c1-6-11-14(4)15(17-5)16(12-9-10-13-16)18(7-2)8-3/h14-15,17H,6-13H2,1-5H3. The number of hydrogen-bond acceptors (Lipinski definition) is 2. The highest BCUT2D eigenvalue weighted by Crippen LogP contribution is 2.41. The van der Waals surface area contributed by atoms with E-state index in [1.807, 2.05) is 0 Å². The minimum atomic E-state index is 0.423. The van der Waals surface area contributed by atoms with Crippen molar-refractivity contribution in [2.75, 3.05) is 20.1 Å². The number of rotatable bonds is 8. The third kappa shape index (κ3) is 3.08. The fourth-order valence-electron chi connectivity index (χ4n) is 4.37. The predicted molar refractivity (Wildman–Crippen MR) is 81.0 cm³/mol. The SMILES string of the molecule is CCCC(C)C(NC)C1(N(CC)CC)CCCC1. The van der Waals surface area contributed by atoms with Crippen molar-refractivity contribution in [3.8, 4) is 0 Å². The van der Waals surface area contributed by atoms with Gasteiger partial charge in [0.05, 0.1) is 0 Å². The van der Waals surface area contributed by atoms with Gasteiger partial charge in [-0.15, -0.1) is 0 Å². The molecule has 2 nitrogen and oxygen atoms in total. The zero-order valence-electron chi connectivity index (χ0n) is 13.3. The van der Waals surface area contributed by atoms with Gasteiger partial charge in [0, 0.05) is 11.6 Å². The topological polar surface area (TPSA) is 15.3 Å². The molecule has 1 fully saturated rings. The molecule has 1 rings (SSSR count). The molecule has 0 aromatic heterocycles. The van der Waals surface area contributed by atoms with Crippen molar-refractivity contribution in [3.05, 3.63) is 0 Å². The van der Waals surface area contributed by atoms with E-state index in [0.717, 1.165) is 5.92 Å². The zero-order chi connectivity index (χ0) is 13.6. The van der Waals surface area contributed by atoms with E-state index in [4.69, 9.17) is 0 Å². The first-order valence-electron chi connectivity index (χ1n) is 8.08. The lowest BCUT2D eigenvalue weighted by atomic mass is 9.77. The fourth-order valence-corrected chi connectivity index (χ4v) is 4.37. The molecule has 0 aromatic carbocycles. The van der Waals surface area contributed by atoms with Crippen LogP contribution in [0, 0.1) is 5.92 Å². The van der Waals surface area contributed by atoms with E-state index in [-0.39, 0.29) is 0 Å². The lowest BCUT2D eigenvalue weighted by molar-refractivity contribution is 0.0434. The van der Waals surface area contributed by atoms with Crippen molar-refractivity contribution in [1.82, 2.24) is 10.2 Å². The molecule has 2 heteroatoms. The van der Waals surface area contributed by atoms with Crippen molar-refractivity contribution in [3.63, 3.8) is 0 Å². The second-order valence-electron chi connectivity index (χ2n) is 6.02. The van der Waals surface area contributed by atoms with Gasteiger partial charge in [-0.2, -0.15) is 0 Å². The summed E-state index contributed by atoms with van der Waals surface area (Å²) in [6, 6.07) is 0.653. The highest BCUT2D eigenvalue weighted by molar-refractivity contribution is 5.04. The van der Waals surface area contributed by atoms with Crippen molar-refractivity contribution in [1.29, 1.82) is 0 Å². The summed E-state index contributed by atoms with van der Waals surface area (Å²) in [7, 11) is 2.17. The van der Waals surface area contributed by atoms with Crippen LogP contribution >= 0.6 is 0 Å². The lowest BCUT2D eigenvalue weighted by Gasteiger charge is -2.48. The maximum atomic E-state index is 3.68. The summed E-state index contributed by atoms with van der Waals surface area (Å²) in [5, 5.41) is 3.68. The zero-order valence-corrected chi connectivity index (χ0v) is 13.3. The Bertz CT molecular complexity index is 217. The second kappa shape index (κ2) is 7.49. The molecule has 0 aliphatic heterocycles. The van der Waals surface area contributed by atoms with Gasteiger partial charge in [0.15, 0.2) is 0 Å². The Kier molecular flexibility index (Phi) is 6.65. The molecular weight excluding hydrogens is 220 g/mol. The second-order valence-corrected chi connectivity index (χ2v) is 6.02. The summed E-state index contributed by atoms with van der Waals surface area (Å²) in [5.74, 6) is 0.777. The van der Waals surface area contributed by atoms with Gasteiger partial charge in [0.2, 0.25) is 0 Å². The Labute approximate surface area is 115 Å². The Hall–Kier alpha value is -0.0800. The van der Waals surface area contributed by atoms with Crippen LogP contribution in [0.4, 0.5) is 0 Å². The summed E-state index contributed by atoms with van der Waals surface area (Å²) < 4.78 is 0. The molecule has 0 saturated heterocycles. The van der Waals surface area contributed by atoms with Gasteiger partial charge in [-0.25, -0.2) is 0 Å². The van der Waals surface area contributed by atoms with Crippen LogP contribution in [0.5, 0.6) is 0 Å². The van der Waals surface area contributed by atoms with E-state index in [0.29, 0.717) is 11.6 Å². The van der Waals surface area contributed by atoms with E-state index in [9.17, 15) is 0 Å². The molecular formula is C16H34N2. The van der Waals surface area contributed by atoms with Crippen LogP contribution in [-0.4, -0.2) is 36.6 Å². The molecule has 1 aliphatic carbocycles. The van der Waals surface area contributed by atoms with Crippen LogP contribution in [0.3, 0.4) is 0 Å². The predicted octanol–water partition coefficient (Wildman–Crippen LogP) is 3.67. The third-order valence-corrected chi connectivity index (χ3v) is 5.07. The van der Waals surface area contributed by atoms with Gasteiger partial charge < -0.3 is 5.32 Å².